The van der Waals surface area contributed by atoms with E-state index in [1.807, 2.05) is 0 Å². The third-order valence-electron chi connectivity index (χ3n) is 10.1. The van der Waals surface area contributed by atoms with Gasteiger partial charge < -0.3 is 25.0 Å². The number of carbonyl (C=O) groups excluding carboxylic acids is 4. The number of alkyl halides is 1. The number of hydrogen-bond acceptors (Lipinski definition) is 7. The zero-order valence-electron chi connectivity index (χ0n) is 28.4. The average molecular weight is 690 g/mol. The molecule has 48 heavy (non-hydrogen) atoms. The standard InChI is InChI=1S/C35H49ClFN5O6/c1-5-47-33(45)28-30(36)42-20-24(15-16-27(42)40-28)38-31(43)29-25(21-9-7-6-8-10-21)17-18-41(29)32(44)23-13-11-22(12-14-23)26(19-37)39-34(46)48-35(2,3)4/h15-16,20-23,25-26,29H,5-14,17-19H2,1-4H3,(H,38,43)(H,39,46)/t22?,23?,25-,26+,29+/m0/s1. The number of hydrogen-bond donors (Lipinski definition) is 2. The zero-order chi connectivity index (χ0) is 34.6. The van der Waals surface area contributed by atoms with Gasteiger partial charge in [0.2, 0.25) is 11.8 Å². The fraction of sp³-hybridized carbons (Fsp3) is 0.686. The van der Waals surface area contributed by atoms with Crippen molar-refractivity contribution in [3.8, 4) is 0 Å². The molecule has 3 heterocycles. The Morgan fingerprint density at radius 3 is 2.40 bits per heavy atom. The number of pyridine rings is 1. The highest BCUT2D eigenvalue weighted by Gasteiger charge is 2.47. The molecule has 0 radical (unpaired) electrons. The van der Waals surface area contributed by atoms with Gasteiger partial charge in [-0.2, -0.15) is 0 Å². The smallest absolute Gasteiger partial charge is 0.407 e. The van der Waals surface area contributed by atoms with Gasteiger partial charge in [0.25, 0.3) is 0 Å². The van der Waals surface area contributed by atoms with Crippen molar-refractivity contribution in [2.75, 3.05) is 25.1 Å². The van der Waals surface area contributed by atoms with Gasteiger partial charge in [0.15, 0.2) is 5.69 Å². The van der Waals surface area contributed by atoms with Crippen molar-refractivity contribution in [2.45, 2.75) is 110 Å². The Morgan fingerprint density at radius 2 is 1.75 bits per heavy atom. The number of aromatic nitrogens is 2. The number of fused-ring (bicyclic) bond motifs is 1. The van der Waals surface area contributed by atoms with Gasteiger partial charge in [0.1, 0.15) is 29.1 Å². The topological polar surface area (TPSA) is 131 Å². The van der Waals surface area contributed by atoms with Crippen LogP contribution < -0.4 is 10.6 Å². The summed E-state index contributed by atoms with van der Waals surface area (Å²) in [7, 11) is 0. The molecule has 2 aliphatic carbocycles. The van der Waals surface area contributed by atoms with Gasteiger partial charge in [-0.15, -0.1) is 0 Å². The number of halogens is 2. The lowest BCUT2D eigenvalue weighted by atomic mass is 9.76. The number of rotatable bonds is 9. The van der Waals surface area contributed by atoms with Crippen molar-refractivity contribution in [1.29, 1.82) is 0 Å². The van der Waals surface area contributed by atoms with E-state index in [9.17, 15) is 23.6 Å². The van der Waals surface area contributed by atoms with Gasteiger partial charge in [-0.3, -0.25) is 14.0 Å². The number of likely N-dealkylation sites (tertiary alicyclic amines) is 1. The van der Waals surface area contributed by atoms with Crippen LogP contribution in [0.2, 0.25) is 5.15 Å². The Balaban J connectivity index is 1.29. The summed E-state index contributed by atoms with van der Waals surface area (Å²) < 4.78 is 25.9. The van der Waals surface area contributed by atoms with E-state index in [0.29, 0.717) is 49.5 Å². The van der Waals surface area contributed by atoms with Crippen LogP contribution in [0.25, 0.3) is 5.65 Å². The van der Waals surface area contributed by atoms with Crippen molar-refractivity contribution < 1.29 is 33.0 Å². The molecule has 3 atom stereocenters. The Labute approximate surface area is 286 Å². The quantitative estimate of drug-likeness (QED) is 0.285. The maximum Gasteiger partial charge on any atom is 0.407 e. The fourth-order valence-electron chi connectivity index (χ4n) is 7.84. The van der Waals surface area contributed by atoms with E-state index in [1.54, 1.807) is 50.9 Å². The van der Waals surface area contributed by atoms with E-state index >= 15 is 0 Å². The normalized spacial score (nSPS) is 24.2. The summed E-state index contributed by atoms with van der Waals surface area (Å²) in [4.78, 5) is 59.0. The van der Waals surface area contributed by atoms with E-state index in [1.165, 1.54) is 10.8 Å². The first-order chi connectivity index (χ1) is 22.9. The van der Waals surface area contributed by atoms with E-state index in [0.717, 1.165) is 32.1 Å². The lowest BCUT2D eigenvalue weighted by Crippen LogP contribution is -2.50. The Morgan fingerprint density at radius 1 is 1.04 bits per heavy atom. The molecule has 3 aliphatic rings. The summed E-state index contributed by atoms with van der Waals surface area (Å²) in [6.07, 6.45) is 9.59. The second-order valence-electron chi connectivity index (χ2n) is 14.5. The fourth-order valence-corrected chi connectivity index (χ4v) is 8.09. The summed E-state index contributed by atoms with van der Waals surface area (Å²) in [6.45, 7) is 6.97. The molecule has 2 aromatic heterocycles. The predicted molar refractivity (Wildman–Crippen MR) is 180 cm³/mol. The van der Waals surface area contributed by atoms with Crippen molar-refractivity contribution in [2.24, 2.45) is 23.7 Å². The summed E-state index contributed by atoms with van der Waals surface area (Å²) in [5, 5.41) is 5.81. The van der Waals surface area contributed by atoms with Crippen molar-refractivity contribution in [3.63, 3.8) is 0 Å². The molecule has 0 spiro atoms. The lowest BCUT2D eigenvalue weighted by Gasteiger charge is -2.37. The number of nitrogens with one attached hydrogen (secondary N) is 2. The number of carbonyl (C=O) groups is 4. The number of esters is 1. The second kappa shape index (κ2) is 15.4. The molecule has 3 fully saturated rings. The summed E-state index contributed by atoms with van der Waals surface area (Å²) in [5.74, 6) is -0.859. The van der Waals surface area contributed by atoms with Crippen LogP contribution in [-0.2, 0) is 19.1 Å². The number of amides is 3. The monoisotopic (exact) mass is 689 g/mol. The third kappa shape index (κ3) is 8.23. The number of alkyl carbamates (subject to hydrolysis) is 1. The second-order valence-corrected chi connectivity index (χ2v) is 14.8. The molecule has 13 heteroatoms. The molecule has 1 saturated heterocycles. The number of ether oxygens (including phenoxy) is 2. The third-order valence-corrected chi connectivity index (χ3v) is 10.5. The average Bonchev–Trinajstić information content (AvgIpc) is 3.65. The highest BCUT2D eigenvalue weighted by Crippen LogP contribution is 2.41. The summed E-state index contributed by atoms with van der Waals surface area (Å²) in [5.41, 5.74) is 0.223. The van der Waals surface area contributed by atoms with Crippen LogP contribution in [0, 0.1) is 23.7 Å². The molecular formula is C35H49ClFN5O6. The largest absolute Gasteiger partial charge is 0.461 e. The number of nitrogens with zero attached hydrogens (tertiary/aromatic N) is 3. The Kier molecular flexibility index (Phi) is 11.5. The van der Waals surface area contributed by atoms with Gasteiger partial charge >= 0.3 is 12.1 Å². The Bertz CT molecular complexity index is 1480. The van der Waals surface area contributed by atoms with E-state index in [4.69, 9.17) is 21.1 Å². The SMILES string of the molecule is CCOC(=O)c1nc2ccc(NC(=O)[C@H]3[C@H](C4CCCCC4)CCN3C(=O)C3CCC([C@@H](CF)NC(=O)OC(C)(C)C)CC3)cn2c1Cl. The number of anilines is 1. The molecule has 3 amide bonds. The molecular weight excluding hydrogens is 641 g/mol. The highest BCUT2D eigenvalue weighted by molar-refractivity contribution is 6.32. The molecule has 0 bridgehead atoms. The molecule has 0 unspecified atom stereocenters. The van der Waals surface area contributed by atoms with Crippen LogP contribution in [0.1, 0.15) is 102 Å². The maximum absolute atomic E-state index is 14.1. The van der Waals surface area contributed by atoms with Crippen molar-refractivity contribution in [1.82, 2.24) is 19.6 Å². The molecule has 0 aromatic carbocycles. The van der Waals surface area contributed by atoms with Crippen LogP contribution in [0.3, 0.4) is 0 Å². The van der Waals surface area contributed by atoms with E-state index in [2.05, 4.69) is 15.6 Å². The molecule has 5 rings (SSSR count). The molecule has 2 saturated carbocycles. The van der Waals surface area contributed by atoms with Gasteiger partial charge in [0.05, 0.1) is 18.3 Å². The first kappa shape index (κ1) is 35.9. The molecule has 264 valence electrons. The minimum absolute atomic E-state index is 0.0000908. The minimum Gasteiger partial charge on any atom is -0.461 e. The first-order valence-corrected chi connectivity index (χ1v) is 17.8. The van der Waals surface area contributed by atoms with Gasteiger partial charge in [-0.1, -0.05) is 43.7 Å². The van der Waals surface area contributed by atoms with Crippen LogP contribution in [0.4, 0.5) is 14.9 Å². The van der Waals surface area contributed by atoms with Crippen LogP contribution in [0.5, 0.6) is 0 Å². The molecule has 11 nitrogen and oxygen atoms in total. The predicted octanol–water partition coefficient (Wildman–Crippen LogP) is 6.57. The van der Waals surface area contributed by atoms with E-state index < -0.39 is 36.4 Å². The van der Waals surface area contributed by atoms with Gasteiger partial charge in [-0.05, 0) is 89.7 Å². The van der Waals surface area contributed by atoms with E-state index in [-0.39, 0.29) is 47.0 Å². The first-order valence-electron chi connectivity index (χ1n) is 17.4. The number of imidazole rings is 1. The lowest BCUT2D eigenvalue weighted by molar-refractivity contribution is -0.142. The van der Waals surface area contributed by atoms with Crippen LogP contribution in [-0.4, -0.2) is 75.7 Å². The van der Waals surface area contributed by atoms with Crippen molar-refractivity contribution in [3.05, 3.63) is 29.2 Å². The van der Waals surface area contributed by atoms with Crippen LogP contribution in [0.15, 0.2) is 18.3 Å². The van der Waals surface area contributed by atoms with Crippen molar-refractivity contribution >= 4 is 46.8 Å². The van der Waals surface area contributed by atoms with Crippen LogP contribution >= 0.6 is 11.6 Å². The minimum atomic E-state index is -0.708. The molecule has 2 aromatic rings. The zero-order valence-corrected chi connectivity index (χ0v) is 29.2. The van der Waals surface area contributed by atoms with Gasteiger partial charge in [-0.25, -0.2) is 19.0 Å². The summed E-state index contributed by atoms with van der Waals surface area (Å²) in [6, 6.07) is 2.08. The maximum atomic E-state index is 14.1. The molecule has 1 aliphatic heterocycles. The highest BCUT2D eigenvalue weighted by atomic mass is 35.5. The summed E-state index contributed by atoms with van der Waals surface area (Å²) >= 11 is 6.47. The molecule has 2 N–H and O–H groups in total. The Hall–Kier alpha value is -3.41. The van der Waals surface area contributed by atoms with Gasteiger partial charge in [0, 0.05) is 18.7 Å².